The van der Waals surface area contributed by atoms with Crippen molar-refractivity contribution in [3.05, 3.63) is 23.8 Å². The molecule has 1 aromatic carbocycles. The van der Waals surface area contributed by atoms with Gasteiger partial charge in [0.15, 0.2) is 0 Å². The van der Waals surface area contributed by atoms with Gasteiger partial charge in [0, 0.05) is 18.3 Å². The molecule has 1 rings (SSSR count). The van der Waals surface area contributed by atoms with Crippen LogP contribution in [0.4, 0.5) is 5.69 Å². The highest BCUT2D eigenvalue weighted by Gasteiger charge is 2.19. The first kappa shape index (κ1) is 13.2. The molecular formula is C13H20ClNO. The Morgan fingerprint density at radius 1 is 1.31 bits per heavy atom. The molecule has 0 aromatic heterocycles. The first-order valence-electron chi connectivity index (χ1n) is 5.35. The predicted molar refractivity (Wildman–Crippen MR) is 70.8 cm³/mol. The smallest absolute Gasteiger partial charge is 0.122 e. The van der Waals surface area contributed by atoms with Crippen molar-refractivity contribution in [3.63, 3.8) is 0 Å². The number of alkyl halides is 1. The van der Waals surface area contributed by atoms with Crippen LogP contribution in [0, 0.1) is 0 Å². The van der Waals surface area contributed by atoms with Crippen LogP contribution in [0.5, 0.6) is 5.75 Å². The van der Waals surface area contributed by atoms with Crippen LogP contribution in [0.1, 0.15) is 26.3 Å². The third-order valence-corrected chi connectivity index (χ3v) is 2.97. The van der Waals surface area contributed by atoms with Crippen molar-refractivity contribution in [2.24, 2.45) is 0 Å². The molecule has 0 radical (unpaired) electrons. The van der Waals surface area contributed by atoms with E-state index in [2.05, 4.69) is 26.8 Å². The van der Waals surface area contributed by atoms with Gasteiger partial charge in [0.05, 0.1) is 13.1 Å². The van der Waals surface area contributed by atoms with Gasteiger partial charge in [0.25, 0.3) is 0 Å². The van der Waals surface area contributed by atoms with E-state index >= 15 is 0 Å². The number of rotatable bonds is 3. The largest absolute Gasteiger partial charge is 0.496 e. The first-order chi connectivity index (χ1) is 7.40. The van der Waals surface area contributed by atoms with Crippen molar-refractivity contribution < 1.29 is 4.74 Å². The van der Waals surface area contributed by atoms with Crippen molar-refractivity contribution in [3.8, 4) is 5.75 Å². The average Bonchev–Trinajstić information content (AvgIpc) is 2.26. The molecule has 90 valence electrons. The van der Waals surface area contributed by atoms with Gasteiger partial charge in [-0.2, -0.15) is 0 Å². The molecule has 0 aliphatic heterocycles. The molecular weight excluding hydrogens is 222 g/mol. The number of nitrogens with zero attached hydrogens (tertiary/aromatic N) is 1. The van der Waals surface area contributed by atoms with Crippen LogP contribution in [-0.2, 0) is 5.41 Å². The Balaban J connectivity index is 3.22. The molecule has 0 spiro atoms. The lowest BCUT2D eigenvalue weighted by Crippen LogP contribution is -2.17. The highest BCUT2D eigenvalue weighted by Crippen LogP contribution is 2.34. The van der Waals surface area contributed by atoms with Gasteiger partial charge in [-0.25, -0.2) is 0 Å². The van der Waals surface area contributed by atoms with E-state index in [9.17, 15) is 0 Å². The monoisotopic (exact) mass is 241 g/mol. The summed E-state index contributed by atoms with van der Waals surface area (Å²) in [7, 11) is 3.68. The summed E-state index contributed by atoms with van der Waals surface area (Å²) in [6.45, 7) is 6.53. The zero-order valence-electron chi connectivity index (χ0n) is 10.7. The Labute approximate surface area is 103 Å². The van der Waals surface area contributed by atoms with E-state index in [-0.39, 0.29) is 5.41 Å². The molecule has 0 heterocycles. The SMILES string of the molecule is COc1ccc(N(C)CCl)cc1C(C)(C)C. The molecule has 16 heavy (non-hydrogen) atoms. The second kappa shape index (κ2) is 4.96. The van der Waals surface area contributed by atoms with Gasteiger partial charge in [-0.15, -0.1) is 11.6 Å². The van der Waals surface area contributed by atoms with Crippen LogP contribution in [-0.4, -0.2) is 20.2 Å². The highest BCUT2D eigenvalue weighted by molar-refractivity contribution is 6.18. The molecule has 0 saturated carbocycles. The Hall–Kier alpha value is -0.890. The van der Waals surface area contributed by atoms with Crippen molar-refractivity contribution in [2.75, 3.05) is 25.1 Å². The standard InChI is InChI=1S/C13H20ClNO/c1-13(2,3)11-8-10(15(4)9-14)6-7-12(11)16-5/h6-8H,9H2,1-5H3. The normalized spacial score (nSPS) is 11.4. The van der Waals surface area contributed by atoms with Crippen molar-refractivity contribution in [1.29, 1.82) is 0 Å². The quantitative estimate of drug-likeness (QED) is 0.592. The summed E-state index contributed by atoms with van der Waals surface area (Å²) in [6.07, 6.45) is 0. The number of ether oxygens (including phenoxy) is 1. The van der Waals surface area contributed by atoms with Gasteiger partial charge in [-0.1, -0.05) is 20.8 Å². The van der Waals surface area contributed by atoms with Crippen LogP contribution in [0.2, 0.25) is 0 Å². The summed E-state index contributed by atoms with van der Waals surface area (Å²) in [5, 5.41) is 0. The van der Waals surface area contributed by atoms with Gasteiger partial charge >= 0.3 is 0 Å². The topological polar surface area (TPSA) is 12.5 Å². The summed E-state index contributed by atoms with van der Waals surface area (Å²) in [5.41, 5.74) is 2.37. The molecule has 0 saturated heterocycles. The van der Waals surface area contributed by atoms with E-state index in [1.54, 1.807) is 7.11 Å². The number of halogens is 1. The van der Waals surface area contributed by atoms with Crippen LogP contribution in [0.3, 0.4) is 0 Å². The Morgan fingerprint density at radius 3 is 2.38 bits per heavy atom. The van der Waals surface area contributed by atoms with E-state index in [4.69, 9.17) is 16.3 Å². The molecule has 1 aromatic rings. The van der Waals surface area contributed by atoms with E-state index in [0.717, 1.165) is 11.4 Å². The maximum atomic E-state index is 5.82. The van der Waals surface area contributed by atoms with Crippen molar-refractivity contribution in [1.82, 2.24) is 0 Å². The Bertz CT molecular complexity index is 357. The zero-order valence-corrected chi connectivity index (χ0v) is 11.4. The lowest BCUT2D eigenvalue weighted by atomic mass is 9.86. The minimum Gasteiger partial charge on any atom is -0.496 e. The van der Waals surface area contributed by atoms with Crippen LogP contribution < -0.4 is 9.64 Å². The fourth-order valence-corrected chi connectivity index (χ4v) is 1.73. The summed E-state index contributed by atoms with van der Waals surface area (Å²) in [5.74, 6) is 0.930. The minimum absolute atomic E-state index is 0.0640. The van der Waals surface area contributed by atoms with Gasteiger partial charge in [-0.05, 0) is 23.6 Å². The summed E-state index contributed by atoms with van der Waals surface area (Å²) in [6, 6.07) is 6.65. The molecule has 0 bridgehead atoms. The number of benzene rings is 1. The molecule has 0 N–H and O–H groups in total. The molecule has 0 atom stereocenters. The van der Waals surface area contributed by atoms with E-state index in [1.807, 2.05) is 24.1 Å². The second-order valence-corrected chi connectivity index (χ2v) is 5.19. The fraction of sp³-hybridized carbons (Fsp3) is 0.538. The second-order valence-electron chi connectivity index (χ2n) is 4.95. The number of hydrogen-bond donors (Lipinski definition) is 0. The molecule has 0 unspecified atom stereocenters. The van der Waals surface area contributed by atoms with Gasteiger partial charge in [0.2, 0.25) is 0 Å². The maximum absolute atomic E-state index is 5.82. The maximum Gasteiger partial charge on any atom is 0.122 e. The van der Waals surface area contributed by atoms with Gasteiger partial charge < -0.3 is 9.64 Å². The first-order valence-corrected chi connectivity index (χ1v) is 5.89. The average molecular weight is 242 g/mol. The molecule has 0 fully saturated rings. The summed E-state index contributed by atoms with van der Waals surface area (Å²) in [4.78, 5) is 2.00. The van der Waals surface area contributed by atoms with Crippen LogP contribution in [0.25, 0.3) is 0 Å². The third-order valence-electron chi connectivity index (χ3n) is 2.61. The van der Waals surface area contributed by atoms with Crippen LogP contribution in [0.15, 0.2) is 18.2 Å². The molecule has 2 nitrogen and oxygen atoms in total. The van der Waals surface area contributed by atoms with Gasteiger partial charge in [0.1, 0.15) is 5.75 Å². The van der Waals surface area contributed by atoms with E-state index < -0.39 is 0 Å². The van der Waals surface area contributed by atoms with Crippen LogP contribution >= 0.6 is 11.6 Å². The molecule has 3 heteroatoms. The van der Waals surface area contributed by atoms with Gasteiger partial charge in [-0.3, -0.25) is 0 Å². The minimum atomic E-state index is 0.0640. The van der Waals surface area contributed by atoms with Crippen molar-refractivity contribution in [2.45, 2.75) is 26.2 Å². The Morgan fingerprint density at radius 2 is 1.94 bits per heavy atom. The highest BCUT2D eigenvalue weighted by atomic mass is 35.5. The number of methoxy groups -OCH3 is 1. The number of anilines is 1. The molecule has 0 aliphatic carbocycles. The molecule has 0 aliphatic rings. The zero-order chi connectivity index (χ0) is 12.3. The van der Waals surface area contributed by atoms with E-state index in [0.29, 0.717) is 6.00 Å². The number of hydrogen-bond acceptors (Lipinski definition) is 2. The Kier molecular flexibility index (Phi) is 4.09. The molecule has 0 amide bonds. The third kappa shape index (κ3) is 2.82. The summed E-state index contributed by atoms with van der Waals surface area (Å²) < 4.78 is 5.39. The lowest BCUT2D eigenvalue weighted by Gasteiger charge is -2.25. The lowest BCUT2D eigenvalue weighted by molar-refractivity contribution is 0.397. The van der Waals surface area contributed by atoms with Crippen molar-refractivity contribution >= 4 is 17.3 Å². The fourth-order valence-electron chi connectivity index (χ4n) is 1.59. The summed E-state index contributed by atoms with van der Waals surface area (Å²) >= 11 is 5.82. The van der Waals surface area contributed by atoms with E-state index in [1.165, 1.54) is 5.56 Å². The predicted octanol–water partition coefficient (Wildman–Crippen LogP) is 3.63.